The highest BCUT2D eigenvalue weighted by molar-refractivity contribution is 4.75. The summed E-state index contributed by atoms with van der Waals surface area (Å²) in [5.41, 5.74) is 0.134. The van der Waals surface area contributed by atoms with E-state index in [9.17, 15) is 0 Å². The Bertz CT molecular complexity index is 116. The highest BCUT2D eigenvalue weighted by Gasteiger charge is 2.53. The number of quaternary nitrogens is 1. The van der Waals surface area contributed by atoms with Gasteiger partial charge in [0.2, 0.25) is 5.72 Å². The molecule has 1 atom stereocenters. The SMILES string of the molecule is CC[N+](C)(C)C1(C)CO1. The molecule has 9 heavy (non-hydrogen) atoms. The van der Waals surface area contributed by atoms with Gasteiger partial charge in [0.15, 0.2) is 0 Å². The van der Waals surface area contributed by atoms with Crippen molar-refractivity contribution in [2.45, 2.75) is 19.6 Å². The third-order valence-electron chi connectivity index (χ3n) is 2.63. The molecule has 54 valence electrons. The summed E-state index contributed by atoms with van der Waals surface area (Å²) in [4.78, 5) is 0. The fourth-order valence-electron chi connectivity index (χ4n) is 0.788. The van der Waals surface area contributed by atoms with Crippen LogP contribution in [0.25, 0.3) is 0 Å². The average molecular weight is 130 g/mol. The Hall–Kier alpha value is -0.0800. The van der Waals surface area contributed by atoms with Gasteiger partial charge in [-0.2, -0.15) is 0 Å². The molecule has 0 aromatic carbocycles. The summed E-state index contributed by atoms with van der Waals surface area (Å²) in [5, 5.41) is 0. The quantitative estimate of drug-likeness (QED) is 0.398. The Kier molecular flexibility index (Phi) is 1.33. The summed E-state index contributed by atoms with van der Waals surface area (Å²) in [5.74, 6) is 0. The van der Waals surface area contributed by atoms with Gasteiger partial charge in [0.25, 0.3) is 0 Å². The van der Waals surface area contributed by atoms with Crippen LogP contribution in [-0.2, 0) is 4.74 Å². The number of hydrogen-bond donors (Lipinski definition) is 0. The van der Waals surface area contributed by atoms with Crippen molar-refractivity contribution in [2.75, 3.05) is 27.2 Å². The Balaban J connectivity index is 2.58. The fraction of sp³-hybridized carbons (Fsp3) is 1.00. The number of epoxide rings is 1. The molecule has 0 radical (unpaired) electrons. The lowest BCUT2D eigenvalue weighted by Gasteiger charge is -2.32. The maximum Gasteiger partial charge on any atom is 0.224 e. The molecule has 1 heterocycles. The minimum Gasteiger partial charge on any atom is -0.316 e. The number of ether oxygens (including phenoxy) is 1. The van der Waals surface area contributed by atoms with Crippen LogP contribution >= 0.6 is 0 Å². The van der Waals surface area contributed by atoms with Crippen molar-refractivity contribution >= 4 is 0 Å². The average Bonchev–Trinajstić information content (AvgIpc) is 2.49. The van der Waals surface area contributed by atoms with Crippen LogP contribution in [-0.4, -0.2) is 37.5 Å². The van der Waals surface area contributed by atoms with Gasteiger partial charge in [0, 0.05) is 6.92 Å². The molecule has 0 amide bonds. The van der Waals surface area contributed by atoms with Crippen molar-refractivity contribution in [3.63, 3.8) is 0 Å². The fourth-order valence-corrected chi connectivity index (χ4v) is 0.788. The van der Waals surface area contributed by atoms with Crippen LogP contribution in [0.3, 0.4) is 0 Å². The smallest absolute Gasteiger partial charge is 0.224 e. The molecule has 1 aliphatic rings. The minimum absolute atomic E-state index is 0.134. The molecule has 1 fully saturated rings. The molecule has 1 aliphatic heterocycles. The summed E-state index contributed by atoms with van der Waals surface area (Å²) < 4.78 is 6.30. The molecule has 1 unspecified atom stereocenters. The minimum atomic E-state index is 0.134. The molecule has 2 heteroatoms. The molecule has 0 bridgehead atoms. The van der Waals surface area contributed by atoms with E-state index in [4.69, 9.17) is 4.74 Å². The van der Waals surface area contributed by atoms with Gasteiger partial charge in [-0.25, -0.2) is 0 Å². The monoisotopic (exact) mass is 130 g/mol. The zero-order valence-corrected chi connectivity index (χ0v) is 6.77. The molecular formula is C7H16NO+. The Morgan fingerprint density at radius 2 is 2.00 bits per heavy atom. The van der Waals surface area contributed by atoms with Crippen LogP contribution < -0.4 is 0 Å². The molecule has 0 aromatic heterocycles. The molecule has 0 aliphatic carbocycles. The van der Waals surface area contributed by atoms with Crippen molar-refractivity contribution in [1.29, 1.82) is 0 Å². The number of hydrogen-bond acceptors (Lipinski definition) is 1. The van der Waals surface area contributed by atoms with Crippen LogP contribution in [0.5, 0.6) is 0 Å². The van der Waals surface area contributed by atoms with E-state index in [0.717, 1.165) is 17.6 Å². The molecule has 0 spiro atoms. The predicted octanol–water partition coefficient (Wildman–Crippen LogP) is 0.829. The number of rotatable bonds is 2. The Morgan fingerprint density at radius 3 is 2.11 bits per heavy atom. The van der Waals surface area contributed by atoms with Crippen LogP contribution in [0, 0.1) is 0 Å². The van der Waals surface area contributed by atoms with Crippen molar-refractivity contribution in [3.05, 3.63) is 0 Å². The first-order chi connectivity index (χ1) is 4.02. The summed E-state index contributed by atoms with van der Waals surface area (Å²) in [6.45, 7) is 6.41. The summed E-state index contributed by atoms with van der Waals surface area (Å²) in [6, 6.07) is 0. The van der Waals surface area contributed by atoms with Crippen molar-refractivity contribution in [2.24, 2.45) is 0 Å². The standard InChI is InChI=1S/C7H16NO/c1-5-8(3,4)7(2)6-9-7/h5-6H2,1-4H3/q+1. The lowest BCUT2D eigenvalue weighted by Crippen LogP contribution is -2.49. The maximum absolute atomic E-state index is 5.32. The lowest BCUT2D eigenvalue weighted by atomic mass is 10.3. The first kappa shape index (κ1) is 7.03. The van der Waals surface area contributed by atoms with Gasteiger partial charge in [-0.15, -0.1) is 0 Å². The first-order valence-corrected chi connectivity index (χ1v) is 3.49. The van der Waals surface area contributed by atoms with Gasteiger partial charge >= 0.3 is 0 Å². The highest BCUT2D eigenvalue weighted by Crippen LogP contribution is 2.33. The second-order valence-electron chi connectivity index (χ2n) is 3.46. The molecule has 0 saturated carbocycles. The topological polar surface area (TPSA) is 12.5 Å². The third-order valence-corrected chi connectivity index (χ3v) is 2.63. The van der Waals surface area contributed by atoms with E-state index in [1.54, 1.807) is 0 Å². The van der Waals surface area contributed by atoms with Crippen LogP contribution in [0.1, 0.15) is 13.8 Å². The molecule has 1 saturated heterocycles. The van der Waals surface area contributed by atoms with E-state index >= 15 is 0 Å². The number of likely N-dealkylation sites (N-methyl/N-ethyl adjacent to an activating group) is 1. The van der Waals surface area contributed by atoms with Crippen LogP contribution in [0.15, 0.2) is 0 Å². The highest BCUT2D eigenvalue weighted by atomic mass is 16.6. The van der Waals surface area contributed by atoms with E-state index in [1.807, 2.05) is 0 Å². The normalized spacial score (nSPS) is 34.7. The maximum atomic E-state index is 5.32. The second kappa shape index (κ2) is 1.70. The molecule has 1 rings (SSSR count). The lowest BCUT2D eigenvalue weighted by molar-refractivity contribution is -0.933. The zero-order valence-electron chi connectivity index (χ0n) is 6.77. The summed E-state index contributed by atoms with van der Waals surface area (Å²) >= 11 is 0. The molecule has 0 N–H and O–H groups in total. The molecule has 2 nitrogen and oxygen atoms in total. The first-order valence-electron chi connectivity index (χ1n) is 3.49. The predicted molar refractivity (Wildman–Crippen MR) is 37.0 cm³/mol. The van der Waals surface area contributed by atoms with Gasteiger partial charge in [-0.05, 0) is 6.92 Å². The zero-order chi connectivity index (χ0) is 7.12. The van der Waals surface area contributed by atoms with Gasteiger partial charge in [-0.3, -0.25) is 4.48 Å². The Labute approximate surface area is 57.0 Å². The van der Waals surface area contributed by atoms with Crippen molar-refractivity contribution < 1.29 is 9.22 Å². The van der Waals surface area contributed by atoms with Crippen LogP contribution in [0.2, 0.25) is 0 Å². The third kappa shape index (κ3) is 0.970. The van der Waals surface area contributed by atoms with Gasteiger partial charge in [-0.1, -0.05) is 0 Å². The van der Waals surface area contributed by atoms with Gasteiger partial charge in [0.1, 0.15) is 6.61 Å². The van der Waals surface area contributed by atoms with E-state index in [-0.39, 0.29) is 5.72 Å². The Morgan fingerprint density at radius 1 is 1.56 bits per heavy atom. The second-order valence-corrected chi connectivity index (χ2v) is 3.46. The van der Waals surface area contributed by atoms with E-state index in [2.05, 4.69) is 27.9 Å². The molecular weight excluding hydrogens is 114 g/mol. The largest absolute Gasteiger partial charge is 0.316 e. The van der Waals surface area contributed by atoms with E-state index < -0.39 is 0 Å². The number of nitrogens with zero attached hydrogens (tertiary/aromatic N) is 1. The van der Waals surface area contributed by atoms with Gasteiger partial charge in [0.05, 0.1) is 20.6 Å². The van der Waals surface area contributed by atoms with Crippen molar-refractivity contribution in [3.8, 4) is 0 Å². The van der Waals surface area contributed by atoms with Crippen molar-refractivity contribution in [1.82, 2.24) is 0 Å². The van der Waals surface area contributed by atoms with Gasteiger partial charge < -0.3 is 4.74 Å². The van der Waals surface area contributed by atoms with E-state index in [0.29, 0.717) is 0 Å². The summed E-state index contributed by atoms with van der Waals surface area (Å²) in [6.07, 6.45) is 0. The van der Waals surface area contributed by atoms with Crippen LogP contribution in [0.4, 0.5) is 0 Å². The summed E-state index contributed by atoms with van der Waals surface area (Å²) in [7, 11) is 4.40. The van der Waals surface area contributed by atoms with E-state index in [1.165, 1.54) is 0 Å². The molecule has 0 aromatic rings.